The summed E-state index contributed by atoms with van der Waals surface area (Å²) in [7, 11) is 1.72. The van der Waals surface area contributed by atoms with Gasteiger partial charge in [0.05, 0.1) is 12.6 Å². The molecule has 0 bridgehead atoms. The molecule has 19 heavy (non-hydrogen) atoms. The van der Waals surface area contributed by atoms with Gasteiger partial charge in [-0.15, -0.1) is 10.2 Å². The van der Waals surface area contributed by atoms with Crippen LogP contribution in [0.5, 0.6) is 5.75 Å². The van der Waals surface area contributed by atoms with Crippen molar-refractivity contribution in [1.82, 2.24) is 25.2 Å². The summed E-state index contributed by atoms with van der Waals surface area (Å²) >= 11 is 3.40. The summed E-state index contributed by atoms with van der Waals surface area (Å²) in [6, 6.07) is 7.72. The van der Waals surface area contributed by atoms with Gasteiger partial charge < -0.3 is 4.74 Å². The number of benzene rings is 1. The number of ether oxygens (including phenoxy) is 1. The van der Waals surface area contributed by atoms with Gasteiger partial charge in [-0.1, -0.05) is 0 Å². The first-order valence-corrected chi connectivity index (χ1v) is 6.41. The highest BCUT2D eigenvalue weighted by atomic mass is 79.9. The molecule has 0 amide bonds. The van der Waals surface area contributed by atoms with E-state index in [1.54, 1.807) is 13.2 Å². The summed E-state index contributed by atoms with van der Waals surface area (Å²) in [5.74, 6) is 1.30. The molecule has 0 N–H and O–H groups in total. The number of halogens is 1. The van der Waals surface area contributed by atoms with E-state index in [9.17, 15) is 0 Å². The number of rotatable bonds is 3. The van der Waals surface area contributed by atoms with E-state index < -0.39 is 0 Å². The van der Waals surface area contributed by atoms with Crippen LogP contribution in [0.2, 0.25) is 0 Å². The second-order valence-electron chi connectivity index (χ2n) is 3.99. The Morgan fingerprint density at radius 3 is 3.00 bits per heavy atom. The third kappa shape index (κ3) is 2.70. The summed E-state index contributed by atoms with van der Waals surface area (Å²) in [5, 5.41) is 12.7. The predicted octanol–water partition coefficient (Wildman–Crippen LogP) is 2.10. The Kier molecular flexibility index (Phi) is 3.12. The Morgan fingerprint density at radius 2 is 2.21 bits per heavy atom. The van der Waals surface area contributed by atoms with Crippen molar-refractivity contribution in [3.8, 4) is 5.75 Å². The maximum Gasteiger partial charge on any atom is 0.212 e. The number of fused-ring (bicyclic) bond motifs is 1. The molecular weight excluding hydrogens is 310 g/mol. The quantitative estimate of drug-likeness (QED) is 0.739. The van der Waals surface area contributed by atoms with Gasteiger partial charge in [0, 0.05) is 16.1 Å². The first kappa shape index (κ1) is 12.0. The molecule has 0 saturated carbocycles. The zero-order valence-electron chi connectivity index (χ0n) is 10.1. The Balaban J connectivity index is 1.81. The molecule has 0 radical (unpaired) electrons. The minimum atomic E-state index is 0.292. The minimum absolute atomic E-state index is 0.292. The van der Waals surface area contributed by atoms with Gasteiger partial charge in [0.2, 0.25) is 5.82 Å². The molecule has 6 nitrogen and oxygen atoms in total. The smallest absolute Gasteiger partial charge is 0.212 e. The van der Waals surface area contributed by atoms with Gasteiger partial charge in [0.25, 0.3) is 0 Å². The summed E-state index contributed by atoms with van der Waals surface area (Å²) in [6.45, 7) is 0.292. The summed E-state index contributed by atoms with van der Waals surface area (Å²) in [6.07, 6.45) is 1.77. The second kappa shape index (κ2) is 4.93. The van der Waals surface area contributed by atoms with Gasteiger partial charge in [0.1, 0.15) is 5.75 Å². The molecule has 1 aromatic carbocycles. The molecule has 2 aromatic heterocycles. The maximum atomic E-state index is 5.63. The fraction of sp³-hybridized carbons (Fsp3) is 0.167. The van der Waals surface area contributed by atoms with E-state index in [-0.39, 0.29) is 0 Å². The maximum absolute atomic E-state index is 5.63. The van der Waals surface area contributed by atoms with Gasteiger partial charge in [-0.25, -0.2) is 0 Å². The normalized spacial score (nSPS) is 10.8. The van der Waals surface area contributed by atoms with E-state index in [4.69, 9.17) is 4.74 Å². The van der Waals surface area contributed by atoms with Crippen molar-refractivity contribution in [3.63, 3.8) is 0 Å². The number of pyridine rings is 1. The number of hydrogen-bond donors (Lipinski definition) is 0. The average Bonchev–Trinajstić information content (AvgIpc) is 2.81. The van der Waals surface area contributed by atoms with Crippen LogP contribution in [-0.2, 0) is 13.7 Å². The van der Waals surface area contributed by atoms with E-state index in [2.05, 4.69) is 36.3 Å². The number of nitrogens with zero attached hydrogens (tertiary/aromatic N) is 5. The monoisotopic (exact) mass is 319 g/mol. The fourth-order valence-corrected chi connectivity index (χ4v) is 2.05. The van der Waals surface area contributed by atoms with Crippen LogP contribution in [0.15, 0.2) is 34.9 Å². The molecule has 3 aromatic rings. The molecule has 0 aliphatic carbocycles. The van der Waals surface area contributed by atoms with Gasteiger partial charge in [0.15, 0.2) is 6.61 Å². The van der Waals surface area contributed by atoms with E-state index in [1.165, 1.54) is 4.80 Å². The summed E-state index contributed by atoms with van der Waals surface area (Å²) in [5.41, 5.74) is 0.924. The summed E-state index contributed by atoms with van der Waals surface area (Å²) in [4.78, 5) is 5.71. The van der Waals surface area contributed by atoms with Crippen LogP contribution in [0.25, 0.3) is 10.9 Å². The van der Waals surface area contributed by atoms with Crippen LogP contribution in [0.1, 0.15) is 5.82 Å². The van der Waals surface area contributed by atoms with Crippen molar-refractivity contribution in [2.75, 3.05) is 0 Å². The third-order valence-corrected chi connectivity index (χ3v) is 2.97. The van der Waals surface area contributed by atoms with Crippen molar-refractivity contribution < 1.29 is 4.74 Å². The standard InChI is InChI=1S/C12H10BrN5O/c1-18-16-12(15-17-18)7-19-10-2-3-11-8(5-10)4-9(13)6-14-11/h2-6H,7H2,1H3. The van der Waals surface area contributed by atoms with Crippen LogP contribution in [0.3, 0.4) is 0 Å². The van der Waals surface area contributed by atoms with Crippen molar-refractivity contribution in [1.29, 1.82) is 0 Å². The number of aromatic nitrogens is 5. The Morgan fingerprint density at radius 1 is 1.32 bits per heavy atom. The van der Waals surface area contributed by atoms with Crippen LogP contribution in [0.4, 0.5) is 0 Å². The number of hydrogen-bond acceptors (Lipinski definition) is 5. The number of aryl methyl sites for hydroxylation is 1. The lowest BCUT2D eigenvalue weighted by atomic mass is 10.2. The van der Waals surface area contributed by atoms with Gasteiger partial charge >= 0.3 is 0 Å². The lowest BCUT2D eigenvalue weighted by Crippen LogP contribution is -1.99. The fourth-order valence-electron chi connectivity index (χ4n) is 1.70. The molecule has 0 unspecified atom stereocenters. The molecule has 0 aliphatic rings. The highest BCUT2D eigenvalue weighted by molar-refractivity contribution is 9.10. The lowest BCUT2D eigenvalue weighted by molar-refractivity contribution is 0.295. The van der Waals surface area contributed by atoms with Crippen LogP contribution in [0, 0.1) is 0 Å². The minimum Gasteiger partial charge on any atom is -0.485 e. The van der Waals surface area contributed by atoms with Crippen LogP contribution in [-0.4, -0.2) is 25.2 Å². The molecule has 0 fully saturated rings. The molecule has 0 saturated heterocycles. The zero-order chi connectivity index (χ0) is 13.2. The van der Waals surface area contributed by atoms with Gasteiger partial charge in [-0.2, -0.15) is 4.80 Å². The molecule has 0 aliphatic heterocycles. The summed E-state index contributed by atoms with van der Waals surface area (Å²) < 4.78 is 6.57. The molecule has 2 heterocycles. The molecule has 0 spiro atoms. The van der Waals surface area contributed by atoms with E-state index >= 15 is 0 Å². The molecule has 3 rings (SSSR count). The third-order valence-electron chi connectivity index (χ3n) is 2.54. The highest BCUT2D eigenvalue weighted by Gasteiger charge is 2.03. The number of tetrazole rings is 1. The van der Waals surface area contributed by atoms with Crippen LogP contribution < -0.4 is 4.74 Å². The van der Waals surface area contributed by atoms with Crippen molar-refractivity contribution in [3.05, 3.63) is 40.8 Å². The zero-order valence-corrected chi connectivity index (χ0v) is 11.7. The Hall–Kier alpha value is -2.02. The van der Waals surface area contributed by atoms with Gasteiger partial charge in [-0.3, -0.25) is 4.98 Å². The van der Waals surface area contributed by atoms with Crippen molar-refractivity contribution in [2.24, 2.45) is 7.05 Å². The van der Waals surface area contributed by atoms with Crippen molar-refractivity contribution >= 4 is 26.8 Å². The average molecular weight is 320 g/mol. The second-order valence-corrected chi connectivity index (χ2v) is 4.91. The van der Waals surface area contributed by atoms with Crippen LogP contribution >= 0.6 is 15.9 Å². The highest BCUT2D eigenvalue weighted by Crippen LogP contribution is 2.22. The molecular formula is C12H10BrN5O. The first-order chi connectivity index (χ1) is 9.20. The molecule has 96 valence electrons. The molecule has 0 atom stereocenters. The Labute approximate surface area is 117 Å². The van der Waals surface area contributed by atoms with E-state index in [0.29, 0.717) is 12.4 Å². The predicted molar refractivity (Wildman–Crippen MR) is 72.6 cm³/mol. The topological polar surface area (TPSA) is 65.7 Å². The van der Waals surface area contributed by atoms with E-state index in [1.807, 2.05) is 24.3 Å². The molecule has 7 heteroatoms. The lowest BCUT2D eigenvalue weighted by Gasteiger charge is -2.04. The largest absolute Gasteiger partial charge is 0.485 e. The Bertz CT molecular complexity index is 727. The first-order valence-electron chi connectivity index (χ1n) is 5.62. The van der Waals surface area contributed by atoms with Gasteiger partial charge in [-0.05, 0) is 45.4 Å². The van der Waals surface area contributed by atoms with E-state index in [0.717, 1.165) is 21.1 Å². The SMILES string of the molecule is Cn1nnc(COc2ccc3ncc(Br)cc3c2)n1. The van der Waals surface area contributed by atoms with Crippen molar-refractivity contribution in [2.45, 2.75) is 6.61 Å².